The molecule has 1 amide bonds. The van der Waals surface area contributed by atoms with Crippen molar-refractivity contribution in [2.45, 2.75) is 58.0 Å². The van der Waals surface area contributed by atoms with E-state index in [4.69, 9.17) is 14.7 Å². The van der Waals surface area contributed by atoms with Crippen molar-refractivity contribution in [2.75, 3.05) is 56.1 Å². The Morgan fingerprint density at radius 2 is 1.60 bits per heavy atom. The third-order valence-electron chi connectivity index (χ3n) is 9.63. The van der Waals surface area contributed by atoms with Crippen LogP contribution in [0.2, 0.25) is 0 Å². The standard InChI is InChI=1S/C35H42N6O2/c1-3-32(42)39-19-21-40(22-20-39)33-30-14-8-17-41(24-27-11-6-10-25-9-4-5-13-28(25)27)34(30)37-35(36-33)43-31-15-7-12-26-23-38(2)18-16-29(26)31/h3,6-7,10-12,15H,1,4-5,8-9,13-14,16-24H2,2H3. The summed E-state index contributed by atoms with van der Waals surface area (Å²) < 4.78 is 6.60. The van der Waals surface area contributed by atoms with Crippen LogP contribution in [0, 0.1) is 0 Å². The van der Waals surface area contributed by atoms with Crippen molar-refractivity contribution in [1.29, 1.82) is 0 Å². The molecule has 3 aliphatic heterocycles. The van der Waals surface area contributed by atoms with Gasteiger partial charge in [-0.15, -0.1) is 0 Å². The highest BCUT2D eigenvalue weighted by atomic mass is 16.5. The van der Waals surface area contributed by atoms with Crippen LogP contribution in [0.3, 0.4) is 0 Å². The van der Waals surface area contributed by atoms with Crippen molar-refractivity contribution >= 4 is 17.5 Å². The van der Waals surface area contributed by atoms with Crippen LogP contribution in [0.5, 0.6) is 11.8 Å². The topological polar surface area (TPSA) is 65.0 Å². The smallest absolute Gasteiger partial charge is 0.325 e. The number of likely N-dealkylation sites (N-methyl/N-ethyl adjacent to an activating group) is 1. The fourth-order valence-electron chi connectivity index (χ4n) is 7.33. The van der Waals surface area contributed by atoms with Crippen LogP contribution in [-0.2, 0) is 43.6 Å². The second-order valence-corrected chi connectivity index (χ2v) is 12.4. The van der Waals surface area contributed by atoms with Crippen molar-refractivity contribution in [3.63, 3.8) is 0 Å². The number of fused-ring (bicyclic) bond motifs is 3. The van der Waals surface area contributed by atoms with Crippen LogP contribution in [0.15, 0.2) is 49.1 Å². The Bertz CT molecular complexity index is 1530. The van der Waals surface area contributed by atoms with E-state index in [2.05, 4.69) is 64.7 Å². The second-order valence-electron chi connectivity index (χ2n) is 12.4. The van der Waals surface area contributed by atoms with Gasteiger partial charge in [0.1, 0.15) is 17.4 Å². The molecule has 4 heterocycles. The molecule has 43 heavy (non-hydrogen) atoms. The van der Waals surface area contributed by atoms with Crippen LogP contribution < -0.4 is 14.5 Å². The largest absolute Gasteiger partial charge is 0.424 e. The quantitative estimate of drug-likeness (QED) is 0.385. The highest BCUT2D eigenvalue weighted by Gasteiger charge is 2.30. The molecule has 0 spiro atoms. The zero-order valence-electron chi connectivity index (χ0n) is 25.4. The molecule has 1 saturated heterocycles. The van der Waals surface area contributed by atoms with E-state index in [1.807, 2.05) is 4.90 Å². The van der Waals surface area contributed by atoms with Crippen LogP contribution >= 0.6 is 0 Å². The number of rotatable bonds is 6. The van der Waals surface area contributed by atoms with Gasteiger partial charge in [-0.3, -0.25) is 4.79 Å². The molecule has 0 N–H and O–H groups in total. The molecule has 7 rings (SSSR count). The summed E-state index contributed by atoms with van der Waals surface area (Å²) in [6.07, 6.45) is 9.25. The zero-order valence-corrected chi connectivity index (χ0v) is 25.4. The number of benzene rings is 2. The second kappa shape index (κ2) is 12.0. The molecule has 2 aromatic carbocycles. The Hall–Kier alpha value is -3.91. The van der Waals surface area contributed by atoms with Crippen molar-refractivity contribution in [3.05, 3.63) is 82.4 Å². The Labute approximate surface area is 255 Å². The minimum Gasteiger partial charge on any atom is -0.424 e. The lowest BCUT2D eigenvalue weighted by Crippen LogP contribution is -2.49. The summed E-state index contributed by atoms with van der Waals surface area (Å²) in [6, 6.07) is 13.6. The van der Waals surface area contributed by atoms with Crippen LogP contribution in [-0.4, -0.2) is 72.0 Å². The molecule has 8 heteroatoms. The number of carbonyl (C=O) groups excluding carboxylic acids is 1. The number of hydrogen-bond acceptors (Lipinski definition) is 7. The van der Waals surface area contributed by atoms with E-state index in [9.17, 15) is 4.79 Å². The summed E-state index contributed by atoms with van der Waals surface area (Å²) >= 11 is 0. The lowest BCUT2D eigenvalue weighted by Gasteiger charge is -2.38. The fraction of sp³-hybridized carbons (Fsp3) is 0.457. The first-order valence-corrected chi connectivity index (χ1v) is 16.0. The minimum atomic E-state index is -0.00902. The molecule has 1 aliphatic carbocycles. The van der Waals surface area contributed by atoms with Gasteiger partial charge in [0.15, 0.2) is 0 Å². The number of aromatic nitrogens is 2. The van der Waals surface area contributed by atoms with Gasteiger partial charge in [0.25, 0.3) is 0 Å². The Balaban J connectivity index is 1.25. The van der Waals surface area contributed by atoms with Crippen molar-refractivity contribution in [3.8, 4) is 11.8 Å². The zero-order chi connectivity index (χ0) is 29.3. The van der Waals surface area contributed by atoms with E-state index < -0.39 is 0 Å². The number of anilines is 2. The third-order valence-corrected chi connectivity index (χ3v) is 9.63. The highest BCUT2D eigenvalue weighted by molar-refractivity contribution is 5.87. The number of nitrogens with zero attached hydrogens (tertiary/aromatic N) is 6. The van der Waals surface area contributed by atoms with Gasteiger partial charge in [-0.25, -0.2) is 0 Å². The fourth-order valence-corrected chi connectivity index (χ4v) is 7.33. The van der Waals surface area contributed by atoms with Gasteiger partial charge in [-0.2, -0.15) is 9.97 Å². The molecule has 0 atom stereocenters. The molecule has 3 aromatic rings. The number of carbonyl (C=O) groups is 1. The SMILES string of the molecule is C=CC(=O)N1CCN(c2nc(Oc3cccc4c3CCN(C)C4)nc3c2CCCN3Cc2cccc3c2CCCC3)CC1. The number of amides is 1. The number of aryl methyl sites for hydroxylation is 1. The summed E-state index contributed by atoms with van der Waals surface area (Å²) in [5.41, 5.74) is 8.24. The Kier molecular flexibility index (Phi) is 7.78. The first-order chi connectivity index (χ1) is 21.1. The van der Waals surface area contributed by atoms with E-state index in [1.165, 1.54) is 58.7 Å². The van der Waals surface area contributed by atoms with Gasteiger partial charge in [0, 0.05) is 63.5 Å². The molecular formula is C35H42N6O2. The summed E-state index contributed by atoms with van der Waals surface area (Å²) in [7, 11) is 2.16. The molecule has 1 aromatic heterocycles. The maximum Gasteiger partial charge on any atom is 0.325 e. The van der Waals surface area contributed by atoms with E-state index in [-0.39, 0.29) is 5.91 Å². The lowest BCUT2D eigenvalue weighted by atomic mass is 9.88. The Morgan fingerprint density at radius 3 is 2.47 bits per heavy atom. The average Bonchev–Trinajstić information content (AvgIpc) is 3.04. The normalized spacial score (nSPS) is 18.5. The molecule has 4 aliphatic rings. The predicted octanol–water partition coefficient (Wildman–Crippen LogP) is 4.92. The molecule has 224 valence electrons. The third kappa shape index (κ3) is 5.60. The van der Waals surface area contributed by atoms with Gasteiger partial charge < -0.3 is 24.3 Å². The summed E-state index contributed by atoms with van der Waals surface area (Å²) in [5, 5.41) is 0. The van der Waals surface area contributed by atoms with Crippen molar-refractivity contribution in [2.24, 2.45) is 0 Å². The molecule has 0 radical (unpaired) electrons. The molecule has 8 nitrogen and oxygen atoms in total. The first-order valence-electron chi connectivity index (χ1n) is 16.0. The van der Waals surface area contributed by atoms with Gasteiger partial charge in [-0.05, 0) is 86.4 Å². The Morgan fingerprint density at radius 1 is 0.837 bits per heavy atom. The molecule has 0 saturated carbocycles. The van der Waals surface area contributed by atoms with Crippen LogP contribution in [0.4, 0.5) is 11.6 Å². The monoisotopic (exact) mass is 578 g/mol. The lowest BCUT2D eigenvalue weighted by molar-refractivity contribution is -0.126. The number of ether oxygens (including phenoxy) is 1. The van der Waals surface area contributed by atoms with E-state index in [0.717, 1.165) is 82.3 Å². The maximum absolute atomic E-state index is 12.3. The van der Waals surface area contributed by atoms with Gasteiger partial charge in [-0.1, -0.05) is 36.9 Å². The van der Waals surface area contributed by atoms with Crippen LogP contribution in [0.25, 0.3) is 0 Å². The highest BCUT2D eigenvalue weighted by Crippen LogP contribution is 2.38. The molecule has 0 bridgehead atoms. The number of hydrogen-bond donors (Lipinski definition) is 0. The maximum atomic E-state index is 12.3. The average molecular weight is 579 g/mol. The van der Waals surface area contributed by atoms with Gasteiger partial charge >= 0.3 is 6.01 Å². The van der Waals surface area contributed by atoms with Gasteiger partial charge in [0.2, 0.25) is 5.91 Å². The van der Waals surface area contributed by atoms with Crippen molar-refractivity contribution in [1.82, 2.24) is 19.8 Å². The first kappa shape index (κ1) is 27.9. The minimum absolute atomic E-state index is 0.00902. The summed E-state index contributed by atoms with van der Waals surface area (Å²) in [6.45, 7) is 10.2. The van der Waals surface area contributed by atoms with E-state index in [0.29, 0.717) is 19.1 Å². The van der Waals surface area contributed by atoms with Crippen molar-refractivity contribution < 1.29 is 9.53 Å². The van der Waals surface area contributed by atoms with Crippen LogP contribution in [0.1, 0.15) is 52.6 Å². The van der Waals surface area contributed by atoms with E-state index in [1.54, 1.807) is 0 Å². The molecule has 1 fully saturated rings. The summed E-state index contributed by atoms with van der Waals surface area (Å²) in [5.74, 6) is 2.80. The van der Waals surface area contributed by atoms with Gasteiger partial charge in [0.05, 0.1) is 0 Å². The molecule has 0 unspecified atom stereocenters. The predicted molar refractivity (Wildman–Crippen MR) is 170 cm³/mol. The summed E-state index contributed by atoms with van der Waals surface area (Å²) in [4.78, 5) is 31.5. The molecular weight excluding hydrogens is 536 g/mol. The number of piperazine rings is 1. The van der Waals surface area contributed by atoms with E-state index >= 15 is 0 Å².